The van der Waals surface area contributed by atoms with Gasteiger partial charge in [-0.25, -0.2) is 9.59 Å². The zero-order valence-electron chi connectivity index (χ0n) is 5.98. The van der Waals surface area contributed by atoms with Gasteiger partial charge in [0.05, 0.1) is 0 Å². The van der Waals surface area contributed by atoms with Gasteiger partial charge in [-0.1, -0.05) is 12.6 Å². The molecule has 0 saturated carbocycles. The van der Waals surface area contributed by atoms with Crippen molar-refractivity contribution in [2.24, 2.45) is 0 Å². The molecule has 6 heteroatoms. The van der Waals surface area contributed by atoms with Gasteiger partial charge >= 0.3 is 11.3 Å². The first-order valence-corrected chi connectivity index (χ1v) is 3.50. The highest BCUT2D eigenvalue weighted by molar-refractivity contribution is 7.96. The SMILES string of the molecule is O=C(S)OCC1=COCC(=O)O1. The van der Waals surface area contributed by atoms with Gasteiger partial charge in [0, 0.05) is 0 Å². The normalized spacial score (nSPS) is 15.8. The molecule has 0 unspecified atom stereocenters. The maximum absolute atomic E-state index is 10.6. The summed E-state index contributed by atoms with van der Waals surface area (Å²) in [6.45, 7) is -0.258. The molecule has 1 aliphatic heterocycles. The first-order chi connectivity index (χ1) is 5.68. The molecule has 0 aromatic rings. The fourth-order valence-electron chi connectivity index (χ4n) is 0.599. The summed E-state index contributed by atoms with van der Waals surface area (Å²) in [6, 6.07) is 0. The molecule has 1 heterocycles. The van der Waals surface area contributed by atoms with Crippen LogP contribution in [0.3, 0.4) is 0 Å². The van der Waals surface area contributed by atoms with Crippen molar-refractivity contribution in [3.05, 3.63) is 12.0 Å². The Morgan fingerprint density at radius 1 is 1.75 bits per heavy atom. The number of cyclic esters (lactones) is 1. The second-order valence-corrected chi connectivity index (χ2v) is 2.29. The molecule has 0 saturated heterocycles. The molecule has 0 aromatic heterocycles. The Balaban J connectivity index is 2.36. The Morgan fingerprint density at radius 2 is 2.50 bits per heavy atom. The number of thiol groups is 1. The van der Waals surface area contributed by atoms with Crippen molar-refractivity contribution in [1.82, 2.24) is 0 Å². The molecule has 1 aliphatic rings. The highest BCUT2D eigenvalue weighted by Crippen LogP contribution is 2.06. The summed E-state index contributed by atoms with van der Waals surface area (Å²) in [5, 5.41) is -0.738. The second-order valence-electron chi connectivity index (χ2n) is 1.92. The molecule has 12 heavy (non-hydrogen) atoms. The Kier molecular flexibility index (Phi) is 2.98. The number of rotatable bonds is 2. The number of carbonyl (C=O) groups excluding carboxylic acids is 2. The van der Waals surface area contributed by atoms with E-state index in [0.29, 0.717) is 0 Å². The first kappa shape index (κ1) is 8.92. The Bertz CT molecular complexity index is 234. The van der Waals surface area contributed by atoms with Crippen molar-refractivity contribution >= 4 is 23.9 Å². The topological polar surface area (TPSA) is 61.8 Å². The fourth-order valence-corrected chi connectivity index (χ4v) is 0.663. The molecule has 0 amide bonds. The summed E-state index contributed by atoms with van der Waals surface area (Å²) in [6.07, 6.45) is 1.22. The van der Waals surface area contributed by atoms with E-state index in [1.807, 2.05) is 0 Å². The third-order valence-corrected chi connectivity index (χ3v) is 1.13. The van der Waals surface area contributed by atoms with Crippen molar-refractivity contribution < 1.29 is 23.8 Å². The van der Waals surface area contributed by atoms with E-state index in [2.05, 4.69) is 26.8 Å². The molecule has 1 rings (SSSR count). The number of hydrogen-bond donors (Lipinski definition) is 1. The van der Waals surface area contributed by atoms with Crippen molar-refractivity contribution in [1.29, 1.82) is 0 Å². The van der Waals surface area contributed by atoms with Gasteiger partial charge in [0.15, 0.2) is 19.0 Å². The molecule has 0 aliphatic carbocycles. The van der Waals surface area contributed by atoms with E-state index in [-0.39, 0.29) is 19.0 Å². The largest absolute Gasteiger partial charge is 0.486 e. The van der Waals surface area contributed by atoms with Crippen molar-refractivity contribution in [2.75, 3.05) is 13.2 Å². The van der Waals surface area contributed by atoms with Gasteiger partial charge in [0.1, 0.15) is 6.26 Å². The van der Waals surface area contributed by atoms with Crippen LogP contribution in [0.25, 0.3) is 0 Å². The molecule has 0 bridgehead atoms. The molecular weight excluding hydrogens is 184 g/mol. The minimum absolute atomic E-state index is 0.113. The minimum atomic E-state index is -0.738. The lowest BCUT2D eigenvalue weighted by molar-refractivity contribution is -0.146. The van der Waals surface area contributed by atoms with E-state index in [1.165, 1.54) is 6.26 Å². The molecular formula is C6H6O5S. The molecule has 0 N–H and O–H groups in total. The molecule has 0 radical (unpaired) electrons. The van der Waals surface area contributed by atoms with Crippen LogP contribution >= 0.6 is 12.6 Å². The van der Waals surface area contributed by atoms with Crippen LogP contribution in [0.15, 0.2) is 12.0 Å². The van der Waals surface area contributed by atoms with Crippen LogP contribution < -0.4 is 0 Å². The number of hydrogen-bond acceptors (Lipinski definition) is 5. The Hall–Kier alpha value is -1.17. The molecule has 5 nitrogen and oxygen atoms in total. The van der Waals surface area contributed by atoms with E-state index in [4.69, 9.17) is 0 Å². The summed E-state index contributed by atoms with van der Waals surface area (Å²) >= 11 is 3.35. The average molecular weight is 190 g/mol. The number of ether oxygens (including phenoxy) is 3. The zero-order chi connectivity index (χ0) is 8.97. The molecule has 0 spiro atoms. The van der Waals surface area contributed by atoms with Crippen LogP contribution in [-0.4, -0.2) is 24.5 Å². The van der Waals surface area contributed by atoms with E-state index in [0.717, 1.165) is 0 Å². The minimum Gasteiger partial charge on any atom is -0.486 e. The van der Waals surface area contributed by atoms with Crippen LogP contribution in [0.4, 0.5) is 4.79 Å². The van der Waals surface area contributed by atoms with Crippen molar-refractivity contribution in [3.8, 4) is 0 Å². The predicted molar refractivity (Wildman–Crippen MR) is 40.5 cm³/mol. The molecule has 0 fully saturated rings. The van der Waals surface area contributed by atoms with Crippen molar-refractivity contribution in [2.45, 2.75) is 0 Å². The number of esters is 1. The molecule has 0 atom stereocenters. The van der Waals surface area contributed by atoms with Crippen LogP contribution in [0.5, 0.6) is 0 Å². The smallest absolute Gasteiger partial charge is 0.364 e. The maximum Gasteiger partial charge on any atom is 0.364 e. The third kappa shape index (κ3) is 2.83. The zero-order valence-corrected chi connectivity index (χ0v) is 6.87. The van der Waals surface area contributed by atoms with Crippen LogP contribution in [-0.2, 0) is 19.0 Å². The quantitative estimate of drug-likeness (QED) is 0.506. The highest BCUT2D eigenvalue weighted by atomic mass is 32.1. The predicted octanol–water partition coefficient (Wildman–Crippen LogP) is 0.468. The lowest BCUT2D eigenvalue weighted by atomic mass is 10.5. The molecule has 0 aromatic carbocycles. The summed E-state index contributed by atoms with van der Waals surface area (Å²) in [7, 11) is 0. The van der Waals surface area contributed by atoms with Crippen LogP contribution in [0, 0.1) is 0 Å². The van der Waals surface area contributed by atoms with Gasteiger partial charge in [0.2, 0.25) is 0 Å². The third-order valence-electron chi connectivity index (χ3n) is 0.999. The van der Waals surface area contributed by atoms with E-state index >= 15 is 0 Å². The van der Waals surface area contributed by atoms with Gasteiger partial charge < -0.3 is 14.2 Å². The maximum atomic E-state index is 10.6. The van der Waals surface area contributed by atoms with Gasteiger partial charge in [-0.05, 0) is 0 Å². The Labute approximate surface area is 73.7 Å². The lowest BCUT2D eigenvalue weighted by Gasteiger charge is -2.12. The summed E-state index contributed by atoms with van der Waals surface area (Å²) in [4.78, 5) is 20.8. The van der Waals surface area contributed by atoms with Crippen molar-refractivity contribution in [3.63, 3.8) is 0 Å². The summed E-state index contributed by atoms with van der Waals surface area (Å²) in [5.41, 5.74) is 0. The molecule has 66 valence electrons. The van der Waals surface area contributed by atoms with E-state index < -0.39 is 11.3 Å². The second kappa shape index (κ2) is 4.01. The van der Waals surface area contributed by atoms with Crippen LogP contribution in [0.1, 0.15) is 0 Å². The highest BCUT2D eigenvalue weighted by Gasteiger charge is 2.14. The Morgan fingerprint density at radius 3 is 3.08 bits per heavy atom. The van der Waals surface area contributed by atoms with E-state index in [9.17, 15) is 9.59 Å². The number of carbonyl (C=O) groups is 2. The van der Waals surface area contributed by atoms with Gasteiger partial charge in [-0.15, -0.1) is 0 Å². The first-order valence-electron chi connectivity index (χ1n) is 3.05. The summed E-state index contributed by atoms with van der Waals surface area (Å²) < 4.78 is 13.7. The van der Waals surface area contributed by atoms with Gasteiger partial charge in [-0.3, -0.25) is 0 Å². The summed E-state index contributed by atoms with van der Waals surface area (Å²) in [5.74, 6) is -0.351. The van der Waals surface area contributed by atoms with Gasteiger partial charge in [-0.2, -0.15) is 0 Å². The monoisotopic (exact) mass is 190 g/mol. The van der Waals surface area contributed by atoms with Gasteiger partial charge in [0.25, 0.3) is 0 Å². The van der Waals surface area contributed by atoms with Crippen LogP contribution in [0.2, 0.25) is 0 Å². The van der Waals surface area contributed by atoms with E-state index in [1.54, 1.807) is 0 Å². The lowest BCUT2D eigenvalue weighted by Crippen LogP contribution is -2.18. The fraction of sp³-hybridized carbons (Fsp3) is 0.333. The standard InChI is InChI=1S/C6H6O5S/c7-5-3-9-1-4(11-5)2-10-6(8)12/h1H,2-3H2,(H,8,12). The average Bonchev–Trinajstić information content (AvgIpc) is 2.01.